The van der Waals surface area contributed by atoms with Crippen molar-refractivity contribution in [1.29, 1.82) is 0 Å². The van der Waals surface area contributed by atoms with Crippen molar-refractivity contribution >= 4 is 34.3 Å². The lowest BCUT2D eigenvalue weighted by atomic mass is 10.0. The second kappa shape index (κ2) is 9.47. The minimum Gasteiger partial charge on any atom is -0.381 e. The molecule has 0 radical (unpaired) electrons. The summed E-state index contributed by atoms with van der Waals surface area (Å²) in [5.41, 5.74) is 2.00. The number of aromatic nitrogens is 2. The highest BCUT2D eigenvalue weighted by Gasteiger charge is 2.29. The Kier molecular flexibility index (Phi) is 6.50. The summed E-state index contributed by atoms with van der Waals surface area (Å²) >= 11 is 5.94. The molecule has 0 aliphatic carbocycles. The lowest BCUT2D eigenvalue weighted by Crippen LogP contribution is -2.55. The molecule has 1 aromatic carbocycles. The molecule has 0 unspecified atom stereocenters. The van der Waals surface area contributed by atoms with Gasteiger partial charge in [0.2, 0.25) is 5.91 Å². The zero-order chi connectivity index (χ0) is 21.8. The Hall–Kier alpha value is -2.94. The van der Waals surface area contributed by atoms with Crippen LogP contribution in [0.5, 0.6) is 0 Å². The van der Waals surface area contributed by atoms with Crippen LogP contribution >= 0.6 is 11.6 Å². The molecule has 3 N–H and O–H groups in total. The van der Waals surface area contributed by atoms with Crippen LogP contribution in [0.2, 0.25) is 5.15 Å². The molecule has 1 fully saturated rings. The third-order valence-corrected chi connectivity index (χ3v) is 5.69. The topological polar surface area (TPSA) is 102 Å². The predicted molar refractivity (Wildman–Crippen MR) is 118 cm³/mol. The van der Waals surface area contributed by atoms with Crippen molar-refractivity contribution in [2.45, 2.75) is 12.5 Å². The molecule has 3 aromatic rings. The lowest BCUT2D eigenvalue weighted by molar-refractivity contribution is -0.135. The molecule has 4 rings (SSSR count). The zero-order valence-corrected chi connectivity index (χ0v) is 17.7. The highest BCUT2D eigenvalue weighted by molar-refractivity contribution is 6.30. The van der Waals surface area contributed by atoms with Gasteiger partial charge in [0, 0.05) is 38.0 Å². The van der Waals surface area contributed by atoms with Crippen LogP contribution in [0.15, 0.2) is 48.7 Å². The van der Waals surface area contributed by atoms with Gasteiger partial charge < -0.3 is 20.3 Å². The van der Waals surface area contributed by atoms with Gasteiger partial charge in [-0.05, 0) is 17.7 Å². The Morgan fingerprint density at radius 1 is 1.16 bits per heavy atom. The van der Waals surface area contributed by atoms with Gasteiger partial charge >= 0.3 is 0 Å². The summed E-state index contributed by atoms with van der Waals surface area (Å²) in [6.07, 6.45) is 1.96. The van der Waals surface area contributed by atoms with Crippen molar-refractivity contribution in [2.24, 2.45) is 0 Å². The van der Waals surface area contributed by atoms with E-state index in [1.165, 1.54) is 0 Å². The van der Waals surface area contributed by atoms with Crippen molar-refractivity contribution in [3.63, 3.8) is 0 Å². The number of halogens is 1. The number of aromatic amines is 1. The van der Waals surface area contributed by atoms with Gasteiger partial charge in [-0.25, -0.2) is 4.98 Å². The molecule has 1 saturated heterocycles. The molecule has 162 valence electrons. The number of rotatable bonds is 6. The number of carbonyl (C=O) groups is 2. The number of piperazine rings is 1. The first-order valence-electron chi connectivity index (χ1n) is 10.1. The zero-order valence-electron chi connectivity index (χ0n) is 16.9. The number of fused-ring (bicyclic) bond motifs is 1. The first kappa shape index (κ1) is 21.3. The maximum Gasteiger partial charge on any atom is 0.268 e. The van der Waals surface area contributed by atoms with Gasteiger partial charge in [0.25, 0.3) is 5.91 Å². The minimum absolute atomic E-state index is 0.0224. The highest BCUT2D eigenvalue weighted by atomic mass is 35.5. The van der Waals surface area contributed by atoms with Gasteiger partial charge in [0.05, 0.1) is 18.4 Å². The molecule has 31 heavy (non-hydrogen) atoms. The SMILES string of the molecule is O=C(N[C@@H](Cc1ccccc1)C(=O)N1CCN(CO)CC1)c1cc2cc(Cl)ncc2[nH]1. The van der Waals surface area contributed by atoms with Crippen LogP contribution in [0, 0.1) is 0 Å². The maximum atomic E-state index is 13.3. The second-order valence-electron chi connectivity index (χ2n) is 7.58. The fourth-order valence-corrected chi connectivity index (χ4v) is 3.91. The average molecular weight is 442 g/mol. The van der Waals surface area contributed by atoms with E-state index in [1.807, 2.05) is 35.2 Å². The van der Waals surface area contributed by atoms with Crippen LogP contribution in [0.4, 0.5) is 0 Å². The molecular formula is C22H24ClN5O3. The molecule has 2 aromatic heterocycles. The number of H-pyrrole nitrogens is 1. The van der Waals surface area contributed by atoms with Crippen LogP contribution in [0.25, 0.3) is 10.9 Å². The van der Waals surface area contributed by atoms with Gasteiger partial charge in [-0.3, -0.25) is 14.5 Å². The van der Waals surface area contributed by atoms with Crippen molar-refractivity contribution in [2.75, 3.05) is 32.9 Å². The molecule has 1 atom stereocenters. The van der Waals surface area contributed by atoms with Crippen molar-refractivity contribution in [3.05, 3.63) is 65.1 Å². The Labute approximate surface area is 184 Å². The van der Waals surface area contributed by atoms with Gasteiger partial charge in [-0.1, -0.05) is 41.9 Å². The standard InChI is InChI=1S/C22H24ClN5O3/c23-20-12-16-11-17(25-19(16)13-24-20)21(30)26-18(10-15-4-2-1-3-5-15)22(31)28-8-6-27(14-29)7-9-28/h1-5,11-13,18,25,29H,6-10,14H2,(H,26,30)/t18-/m0/s1. The number of nitrogens with zero attached hydrogens (tertiary/aromatic N) is 3. The Balaban J connectivity index is 1.53. The summed E-state index contributed by atoms with van der Waals surface area (Å²) in [5, 5.41) is 13.3. The van der Waals surface area contributed by atoms with E-state index in [9.17, 15) is 14.7 Å². The quantitative estimate of drug-likeness (QED) is 0.505. The predicted octanol–water partition coefficient (Wildman–Crippen LogP) is 1.65. The largest absolute Gasteiger partial charge is 0.381 e. The molecule has 1 aliphatic heterocycles. The molecule has 0 saturated carbocycles. The number of aliphatic hydroxyl groups is 1. The van der Waals surface area contributed by atoms with Crippen LogP contribution in [-0.2, 0) is 11.2 Å². The Bertz CT molecular complexity index is 1060. The van der Waals surface area contributed by atoms with E-state index in [0.717, 1.165) is 10.9 Å². The van der Waals surface area contributed by atoms with E-state index >= 15 is 0 Å². The van der Waals surface area contributed by atoms with E-state index in [2.05, 4.69) is 15.3 Å². The van der Waals surface area contributed by atoms with Crippen LogP contribution in [0.3, 0.4) is 0 Å². The normalized spacial score (nSPS) is 15.7. The van der Waals surface area contributed by atoms with Gasteiger partial charge in [-0.2, -0.15) is 0 Å². The molecule has 0 spiro atoms. The van der Waals surface area contributed by atoms with Crippen LogP contribution < -0.4 is 5.32 Å². The summed E-state index contributed by atoms with van der Waals surface area (Å²) in [6, 6.07) is 12.3. The number of carbonyl (C=O) groups excluding carboxylic acids is 2. The smallest absolute Gasteiger partial charge is 0.268 e. The van der Waals surface area contributed by atoms with Crippen LogP contribution in [0.1, 0.15) is 16.1 Å². The number of hydrogen-bond donors (Lipinski definition) is 3. The fourth-order valence-electron chi connectivity index (χ4n) is 3.74. The Morgan fingerprint density at radius 2 is 1.90 bits per heavy atom. The minimum atomic E-state index is -0.705. The molecular weight excluding hydrogens is 418 g/mol. The summed E-state index contributed by atoms with van der Waals surface area (Å²) in [7, 11) is 0. The number of benzene rings is 1. The third-order valence-electron chi connectivity index (χ3n) is 5.49. The van der Waals surface area contributed by atoms with Gasteiger partial charge in [0.1, 0.15) is 16.9 Å². The molecule has 2 amide bonds. The lowest BCUT2D eigenvalue weighted by Gasteiger charge is -2.35. The monoisotopic (exact) mass is 441 g/mol. The number of pyridine rings is 1. The van der Waals surface area contributed by atoms with E-state index in [-0.39, 0.29) is 18.5 Å². The van der Waals surface area contributed by atoms with Crippen molar-refractivity contribution in [3.8, 4) is 0 Å². The van der Waals surface area contributed by atoms with E-state index in [0.29, 0.717) is 49.0 Å². The summed E-state index contributed by atoms with van der Waals surface area (Å²) < 4.78 is 0. The van der Waals surface area contributed by atoms with Crippen molar-refractivity contribution in [1.82, 2.24) is 25.1 Å². The summed E-state index contributed by atoms with van der Waals surface area (Å²) in [6.45, 7) is 2.20. The fraction of sp³-hybridized carbons (Fsp3) is 0.318. The number of amides is 2. The molecule has 1 aliphatic rings. The maximum absolute atomic E-state index is 13.3. The number of hydrogen-bond acceptors (Lipinski definition) is 5. The number of aliphatic hydroxyl groups excluding tert-OH is 1. The van der Waals surface area contributed by atoms with Crippen LogP contribution in [-0.4, -0.2) is 75.6 Å². The van der Waals surface area contributed by atoms with E-state index in [1.54, 1.807) is 23.2 Å². The second-order valence-corrected chi connectivity index (χ2v) is 7.97. The summed E-state index contributed by atoms with van der Waals surface area (Å²) in [4.78, 5) is 36.9. The van der Waals surface area contributed by atoms with Gasteiger partial charge in [-0.15, -0.1) is 0 Å². The Morgan fingerprint density at radius 3 is 2.61 bits per heavy atom. The molecule has 0 bridgehead atoms. The number of nitrogens with one attached hydrogen (secondary N) is 2. The van der Waals surface area contributed by atoms with E-state index < -0.39 is 6.04 Å². The third kappa shape index (κ3) is 5.04. The first-order valence-corrected chi connectivity index (χ1v) is 10.5. The molecule has 9 heteroatoms. The molecule has 8 nitrogen and oxygen atoms in total. The summed E-state index contributed by atoms with van der Waals surface area (Å²) in [5.74, 6) is -0.494. The average Bonchev–Trinajstić information content (AvgIpc) is 3.22. The highest BCUT2D eigenvalue weighted by Crippen LogP contribution is 2.18. The first-order chi connectivity index (χ1) is 15.0. The molecule has 3 heterocycles. The van der Waals surface area contributed by atoms with Crippen molar-refractivity contribution < 1.29 is 14.7 Å². The van der Waals surface area contributed by atoms with Gasteiger partial charge in [0.15, 0.2) is 0 Å². The van der Waals surface area contributed by atoms with E-state index in [4.69, 9.17) is 11.6 Å².